The Morgan fingerprint density at radius 3 is 2.66 bits per heavy atom. The van der Waals surface area contributed by atoms with Crippen molar-refractivity contribution in [3.8, 4) is 11.5 Å². The lowest BCUT2D eigenvalue weighted by molar-refractivity contribution is -0.0505. The number of aliphatic imine (C=N–C) groups is 1. The van der Waals surface area contributed by atoms with Crippen LogP contribution in [0.25, 0.3) is 0 Å². The molecular weight excluding hydrogens is 535 g/mol. The van der Waals surface area contributed by atoms with Crippen molar-refractivity contribution in [2.45, 2.75) is 59.1 Å². The predicted octanol–water partition coefficient (Wildman–Crippen LogP) is 4.50. The van der Waals surface area contributed by atoms with Crippen LogP contribution in [0.15, 0.2) is 27.7 Å². The third-order valence-electron chi connectivity index (χ3n) is 4.26. The summed E-state index contributed by atoms with van der Waals surface area (Å²) in [4.78, 5) is 8.50. The van der Waals surface area contributed by atoms with Crippen LogP contribution in [0.3, 0.4) is 0 Å². The van der Waals surface area contributed by atoms with Gasteiger partial charge in [-0.3, -0.25) is 4.99 Å². The molecule has 2 aromatic rings. The monoisotopic (exact) mass is 567 g/mol. The molecule has 1 aromatic carbocycles. The number of halogens is 3. The third kappa shape index (κ3) is 9.53. The minimum atomic E-state index is -2.92. The largest absolute Gasteiger partial charge is 0.493 e. The second-order valence-electron chi connectivity index (χ2n) is 7.15. The molecule has 0 saturated heterocycles. The van der Waals surface area contributed by atoms with Crippen molar-refractivity contribution in [3.05, 3.63) is 35.5 Å². The Morgan fingerprint density at radius 1 is 1.25 bits per heavy atom. The molecule has 0 aliphatic heterocycles. The highest BCUT2D eigenvalue weighted by atomic mass is 127. The van der Waals surface area contributed by atoms with Crippen molar-refractivity contribution >= 4 is 29.9 Å². The third-order valence-corrected chi connectivity index (χ3v) is 4.26. The highest BCUT2D eigenvalue weighted by Gasteiger charge is 2.13. The number of benzene rings is 1. The Hall–Kier alpha value is -2.18. The molecule has 8 nitrogen and oxygen atoms in total. The normalized spacial score (nSPS) is 11.4. The van der Waals surface area contributed by atoms with E-state index in [0.717, 1.165) is 12.8 Å². The van der Waals surface area contributed by atoms with E-state index in [1.54, 1.807) is 19.2 Å². The van der Waals surface area contributed by atoms with Gasteiger partial charge in [-0.25, -0.2) is 0 Å². The van der Waals surface area contributed by atoms with Gasteiger partial charge in [0, 0.05) is 44.1 Å². The van der Waals surface area contributed by atoms with E-state index in [2.05, 4.69) is 30.5 Å². The highest BCUT2D eigenvalue weighted by Crippen LogP contribution is 2.26. The van der Waals surface area contributed by atoms with Gasteiger partial charge in [-0.15, -0.1) is 24.0 Å². The zero-order valence-electron chi connectivity index (χ0n) is 18.9. The van der Waals surface area contributed by atoms with Crippen molar-refractivity contribution < 1.29 is 22.8 Å². The number of guanidine groups is 1. The first kappa shape index (κ1) is 27.9. The molecule has 0 atom stereocenters. The van der Waals surface area contributed by atoms with Gasteiger partial charge in [0.1, 0.15) is 11.5 Å². The lowest BCUT2D eigenvalue weighted by atomic mass is 10.2. The molecule has 32 heavy (non-hydrogen) atoms. The first-order chi connectivity index (χ1) is 14.9. The molecule has 1 heterocycles. The van der Waals surface area contributed by atoms with E-state index in [1.165, 1.54) is 6.07 Å². The van der Waals surface area contributed by atoms with Crippen molar-refractivity contribution in [1.29, 1.82) is 0 Å². The molecule has 0 aliphatic carbocycles. The Bertz CT molecular complexity index is 834. The van der Waals surface area contributed by atoms with Crippen LogP contribution in [0.4, 0.5) is 8.78 Å². The Labute approximate surface area is 204 Å². The van der Waals surface area contributed by atoms with Crippen LogP contribution in [0, 0.1) is 0 Å². The Balaban J connectivity index is 0.00000512. The zero-order valence-corrected chi connectivity index (χ0v) is 21.2. The SMILES string of the molecule is CCCOc1ccc(CNC(=NC)NCCCc2nc(C(C)C)no2)c(OC(F)F)c1.I. The first-order valence-corrected chi connectivity index (χ1v) is 10.4. The van der Waals surface area contributed by atoms with E-state index in [0.29, 0.717) is 48.6 Å². The molecule has 0 fully saturated rings. The van der Waals surface area contributed by atoms with E-state index in [-0.39, 0.29) is 42.2 Å². The molecule has 0 spiro atoms. The van der Waals surface area contributed by atoms with Crippen LogP contribution in [0.5, 0.6) is 11.5 Å². The average Bonchev–Trinajstić information content (AvgIpc) is 3.21. The molecule has 0 amide bonds. The molecule has 0 aliphatic rings. The van der Waals surface area contributed by atoms with Crippen LogP contribution < -0.4 is 20.1 Å². The van der Waals surface area contributed by atoms with Gasteiger partial charge in [0.2, 0.25) is 5.89 Å². The second-order valence-corrected chi connectivity index (χ2v) is 7.15. The van der Waals surface area contributed by atoms with Crippen molar-refractivity contribution in [2.24, 2.45) is 4.99 Å². The summed E-state index contributed by atoms with van der Waals surface area (Å²) in [5, 5.41) is 10.2. The number of aromatic nitrogens is 2. The maximum absolute atomic E-state index is 12.8. The summed E-state index contributed by atoms with van der Waals surface area (Å²) >= 11 is 0. The van der Waals surface area contributed by atoms with Crippen LogP contribution in [-0.4, -0.2) is 42.9 Å². The fourth-order valence-corrected chi connectivity index (χ4v) is 2.65. The van der Waals surface area contributed by atoms with E-state index < -0.39 is 6.61 Å². The lowest BCUT2D eigenvalue weighted by Crippen LogP contribution is -2.37. The van der Waals surface area contributed by atoms with Crippen LogP contribution in [0.1, 0.15) is 56.8 Å². The molecule has 180 valence electrons. The molecule has 0 bridgehead atoms. The van der Waals surface area contributed by atoms with Gasteiger partial charge in [-0.1, -0.05) is 25.9 Å². The maximum Gasteiger partial charge on any atom is 0.387 e. The molecule has 2 rings (SSSR count). The van der Waals surface area contributed by atoms with Gasteiger partial charge >= 0.3 is 6.61 Å². The summed E-state index contributed by atoms with van der Waals surface area (Å²) in [6, 6.07) is 4.91. The standard InChI is InChI=1S/C21H31F2N5O3.HI/c1-5-11-29-16-9-8-15(17(12-16)30-20(22)23)13-26-21(24-4)25-10-6-7-18-27-19(14(2)3)28-31-18;/h8-9,12,14,20H,5-7,10-11,13H2,1-4H3,(H2,24,25,26);1H. The number of ether oxygens (including phenoxy) is 2. The smallest absolute Gasteiger partial charge is 0.387 e. The van der Waals surface area contributed by atoms with Gasteiger partial charge in [-0.2, -0.15) is 13.8 Å². The summed E-state index contributed by atoms with van der Waals surface area (Å²) in [5.41, 5.74) is 0.569. The summed E-state index contributed by atoms with van der Waals surface area (Å²) in [6.07, 6.45) is 2.24. The number of rotatable bonds is 12. The number of hydrogen-bond acceptors (Lipinski definition) is 6. The fraction of sp³-hybridized carbons (Fsp3) is 0.571. The molecular formula is C21H32F2IN5O3. The van der Waals surface area contributed by atoms with Crippen LogP contribution in [-0.2, 0) is 13.0 Å². The molecule has 0 saturated carbocycles. The van der Waals surface area contributed by atoms with Gasteiger partial charge in [0.05, 0.1) is 6.61 Å². The van der Waals surface area contributed by atoms with E-state index >= 15 is 0 Å². The highest BCUT2D eigenvalue weighted by molar-refractivity contribution is 14.0. The molecule has 2 N–H and O–H groups in total. The Kier molecular flexibility index (Phi) is 12.9. The number of hydrogen-bond donors (Lipinski definition) is 2. The number of nitrogens with zero attached hydrogens (tertiary/aromatic N) is 3. The summed E-state index contributed by atoms with van der Waals surface area (Å²) in [7, 11) is 1.64. The summed E-state index contributed by atoms with van der Waals surface area (Å²) < 4.78 is 41.0. The van der Waals surface area contributed by atoms with Crippen molar-refractivity contribution in [3.63, 3.8) is 0 Å². The topological polar surface area (TPSA) is 93.8 Å². The lowest BCUT2D eigenvalue weighted by Gasteiger charge is -2.15. The van der Waals surface area contributed by atoms with Crippen LogP contribution >= 0.6 is 24.0 Å². The minimum Gasteiger partial charge on any atom is -0.493 e. The molecule has 1 aromatic heterocycles. The number of alkyl halides is 2. The van der Waals surface area contributed by atoms with Crippen molar-refractivity contribution in [1.82, 2.24) is 20.8 Å². The second kappa shape index (κ2) is 14.8. The Morgan fingerprint density at radius 2 is 2.03 bits per heavy atom. The van der Waals surface area contributed by atoms with Gasteiger partial charge in [-0.05, 0) is 25.0 Å². The van der Waals surface area contributed by atoms with E-state index in [1.807, 2.05) is 20.8 Å². The zero-order chi connectivity index (χ0) is 22.6. The average molecular weight is 567 g/mol. The van der Waals surface area contributed by atoms with Crippen LogP contribution in [0.2, 0.25) is 0 Å². The summed E-state index contributed by atoms with van der Waals surface area (Å²) in [5.74, 6) is 2.64. The van der Waals surface area contributed by atoms with Crippen molar-refractivity contribution in [2.75, 3.05) is 20.2 Å². The summed E-state index contributed by atoms with van der Waals surface area (Å²) in [6.45, 7) is 4.47. The molecule has 0 unspecified atom stereocenters. The maximum atomic E-state index is 12.8. The number of aryl methyl sites for hydroxylation is 1. The van der Waals surface area contributed by atoms with E-state index in [4.69, 9.17) is 9.26 Å². The van der Waals surface area contributed by atoms with Gasteiger partial charge < -0.3 is 24.6 Å². The first-order valence-electron chi connectivity index (χ1n) is 10.4. The number of nitrogens with one attached hydrogen (secondary N) is 2. The van der Waals surface area contributed by atoms with Gasteiger partial charge in [0.25, 0.3) is 0 Å². The quantitative estimate of drug-likeness (QED) is 0.169. The molecule has 11 heteroatoms. The van der Waals surface area contributed by atoms with Gasteiger partial charge in [0.15, 0.2) is 11.8 Å². The fourth-order valence-electron chi connectivity index (χ4n) is 2.65. The van der Waals surface area contributed by atoms with E-state index in [9.17, 15) is 8.78 Å². The molecule has 0 radical (unpaired) electrons. The minimum absolute atomic E-state index is 0. The predicted molar refractivity (Wildman–Crippen MR) is 129 cm³/mol.